The van der Waals surface area contributed by atoms with Crippen molar-refractivity contribution in [3.63, 3.8) is 0 Å². The minimum absolute atomic E-state index is 0.229. The van der Waals surface area contributed by atoms with Gasteiger partial charge in [0.15, 0.2) is 4.80 Å². The molecule has 3 nitrogen and oxygen atoms in total. The Kier molecular flexibility index (Phi) is 5.52. The van der Waals surface area contributed by atoms with Gasteiger partial charge in [0, 0.05) is 0 Å². The number of aryl methyl sites for hydroxylation is 2. The van der Waals surface area contributed by atoms with Crippen molar-refractivity contribution in [2.45, 2.75) is 26.8 Å². The monoisotopic (exact) mass is 402 g/mol. The summed E-state index contributed by atoms with van der Waals surface area (Å²) < 4.78 is 2.53. The summed E-state index contributed by atoms with van der Waals surface area (Å²) in [7, 11) is 0. The number of terminal acetylenes is 1. The molecule has 26 heavy (non-hydrogen) atoms. The van der Waals surface area contributed by atoms with Crippen LogP contribution < -0.4 is 4.80 Å². The first kappa shape index (κ1) is 18.7. The molecule has 6 heteroatoms. The number of hydrogen-bond acceptors (Lipinski definition) is 2. The minimum Gasteiger partial charge on any atom is -0.303 e. The summed E-state index contributed by atoms with van der Waals surface area (Å²) in [6, 6.07) is 9.41. The Morgan fingerprint density at radius 1 is 1.19 bits per heavy atom. The Morgan fingerprint density at radius 2 is 1.92 bits per heavy atom. The lowest BCUT2D eigenvalue weighted by Gasteiger charge is -2.04. The number of nitrogens with zero attached hydrogens (tertiary/aromatic N) is 2. The molecular formula is C20H16Cl2N2OS. The van der Waals surface area contributed by atoms with Gasteiger partial charge in [-0.1, -0.05) is 58.7 Å². The number of thiazole rings is 1. The van der Waals surface area contributed by atoms with Crippen LogP contribution in [-0.2, 0) is 17.8 Å². The molecule has 0 fully saturated rings. The Hall–Kier alpha value is -2.06. The van der Waals surface area contributed by atoms with E-state index in [9.17, 15) is 4.79 Å². The summed E-state index contributed by atoms with van der Waals surface area (Å²) in [5.41, 5.74) is 3.99. The van der Waals surface area contributed by atoms with E-state index < -0.39 is 0 Å². The smallest absolute Gasteiger partial charge is 0.252 e. The van der Waals surface area contributed by atoms with Gasteiger partial charge in [0.25, 0.3) is 5.91 Å². The first-order valence-corrected chi connectivity index (χ1v) is 9.52. The van der Waals surface area contributed by atoms with Crippen LogP contribution in [0.15, 0.2) is 35.3 Å². The molecule has 0 aliphatic carbocycles. The van der Waals surface area contributed by atoms with Crippen LogP contribution in [0.5, 0.6) is 0 Å². The largest absolute Gasteiger partial charge is 0.303 e. The molecule has 0 atom stereocenters. The van der Waals surface area contributed by atoms with Crippen molar-refractivity contribution in [3.8, 4) is 12.3 Å². The molecule has 3 aromatic rings. The second-order valence-electron chi connectivity index (χ2n) is 5.98. The summed E-state index contributed by atoms with van der Waals surface area (Å²) in [5, 5.41) is 1.09. The van der Waals surface area contributed by atoms with Gasteiger partial charge in [-0.15, -0.1) is 6.42 Å². The predicted molar refractivity (Wildman–Crippen MR) is 109 cm³/mol. The van der Waals surface area contributed by atoms with Gasteiger partial charge in [-0.3, -0.25) is 4.79 Å². The van der Waals surface area contributed by atoms with Crippen LogP contribution in [0.25, 0.3) is 10.2 Å². The summed E-state index contributed by atoms with van der Waals surface area (Å²) in [6.45, 7) is 4.33. The molecule has 0 radical (unpaired) electrons. The van der Waals surface area contributed by atoms with Crippen molar-refractivity contribution < 1.29 is 4.79 Å². The fourth-order valence-electron chi connectivity index (χ4n) is 2.67. The van der Waals surface area contributed by atoms with Crippen molar-refractivity contribution in [1.29, 1.82) is 0 Å². The van der Waals surface area contributed by atoms with Gasteiger partial charge in [0.1, 0.15) is 0 Å². The molecule has 0 spiro atoms. The average Bonchev–Trinajstić information content (AvgIpc) is 2.94. The molecule has 0 aliphatic rings. The molecule has 1 aromatic heterocycles. The first-order chi connectivity index (χ1) is 12.4. The van der Waals surface area contributed by atoms with Gasteiger partial charge in [0.05, 0.1) is 33.2 Å². The quantitative estimate of drug-likeness (QED) is 0.571. The van der Waals surface area contributed by atoms with Gasteiger partial charge in [-0.25, -0.2) is 0 Å². The molecule has 2 aromatic carbocycles. The highest BCUT2D eigenvalue weighted by Crippen LogP contribution is 2.31. The third kappa shape index (κ3) is 3.71. The number of rotatable bonds is 3. The Bertz CT molecular complexity index is 1120. The van der Waals surface area contributed by atoms with Crippen molar-refractivity contribution in [3.05, 3.63) is 61.9 Å². The van der Waals surface area contributed by atoms with E-state index in [1.54, 1.807) is 16.7 Å². The average molecular weight is 403 g/mol. The van der Waals surface area contributed by atoms with E-state index in [1.807, 2.05) is 32.0 Å². The van der Waals surface area contributed by atoms with Gasteiger partial charge in [-0.05, 0) is 42.7 Å². The topological polar surface area (TPSA) is 34.4 Å². The molecule has 0 bridgehead atoms. The van der Waals surface area contributed by atoms with Crippen LogP contribution in [0.4, 0.5) is 0 Å². The van der Waals surface area contributed by atoms with Crippen LogP contribution in [0.3, 0.4) is 0 Å². The molecular weight excluding hydrogens is 387 g/mol. The maximum absolute atomic E-state index is 12.5. The standard InChI is InChI=1S/C20H16Cl2N2OS/c1-4-9-24-18-15(21)7-8-16(22)19(18)26-20(24)23-17(25)11-14-6-5-12(2)13(3)10-14/h1,5-8,10H,9,11H2,2-3H3. The molecule has 132 valence electrons. The van der Waals surface area contributed by atoms with Crippen LogP contribution >= 0.6 is 34.5 Å². The summed E-state index contributed by atoms with van der Waals surface area (Å²) in [4.78, 5) is 17.3. The van der Waals surface area contributed by atoms with Crippen molar-refractivity contribution in [2.24, 2.45) is 4.99 Å². The van der Waals surface area contributed by atoms with Crippen LogP contribution in [0.2, 0.25) is 10.0 Å². The lowest BCUT2D eigenvalue weighted by Crippen LogP contribution is -2.17. The third-order valence-corrected chi connectivity index (χ3v) is 5.97. The van der Waals surface area contributed by atoms with E-state index in [2.05, 4.69) is 10.9 Å². The van der Waals surface area contributed by atoms with Crippen LogP contribution in [0, 0.1) is 26.2 Å². The van der Waals surface area contributed by atoms with Gasteiger partial charge in [0.2, 0.25) is 0 Å². The summed E-state index contributed by atoms with van der Waals surface area (Å²) in [6.07, 6.45) is 5.71. The van der Waals surface area contributed by atoms with Crippen molar-refractivity contribution in [2.75, 3.05) is 0 Å². The highest BCUT2D eigenvalue weighted by atomic mass is 35.5. The van der Waals surface area contributed by atoms with Crippen molar-refractivity contribution in [1.82, 2.24) is 4.57 Å². The lowest BCUT2D eigenvalue weighted by atomic mass is 10.0. The lowest BCUT2D eigenvalue weighted by molar-refractivity contribution is -0.117. The molecule has 0 saturated carbocycles. The maximum atomic E-state index is 12.5. The fraction of sp³-hybridized carbons (Fsp3) is 0.200. The zero-order valence-corrected chi connectivity index (χ0v) is 16.7. The Labute approximate surface area is 165 Å². The molecule has 0 saturated heterocycles. The summed E-state index contributed by atoms with van der Waals surface area (Å²) >= 11 is 13.9. The molecule has 1 heterocycles. The third-order valence-electron chi connectivity index (χ3n) is 4.12. The molecule has 0 unspecified atom stereocenters. The number of fused-ring (bicyclic) bond motifs is 1. The Morgan fingerprint density at radius 3 is 2.62 bits per heavy atom. The van der Waals surface area contributed by atoms with E-state index in [-0.39, 0.29) is 18.9 Å². The second kappa shape index (κ2) is 7.67. The van der Waals surface area contributed by atoms with E-state index >= 15 is 0 Å². The number of carbonyl (C=O) groups excluding carboxylic acids is 1. The van der Waals surface area contributed by atoms with E-state index in [1.165, 1.54) is 16.9 Å². The van der Waals surface area contributed by atoms with E-state index in [4.69, 9.17) is 29.6 Å². The van der Waals surface area contributed by atoms with E-state index in [0.29, 0.717) is 20.4 Å². The maximum Gasteiger partial charge on any atom is 0.252 e. The number of benzene rings is 2. The van der Waals surface area contributed by atoms with Crippen molar-refractivity contribution >= 4 is 50.7 Å². The number of amides is 1. The van der Waals surface area contributed by atoms with Gasteiger partial charge in [-0.2, -0.15) is 4.99 Å². The normalized spacial score (nSPS) is 11.7. The van der Waals surface area contributed by atoms with Crippen LogP contribution in [-0.4, -0.2) is 10.5 Å². The Balaban J connectivity index is 2.06. The zero-order valence-electron chi connectivity index (χ0n) is 14.3. The highest BCUT2D eigenvalue weighted by molar-refractivity contribution is 7.17. The van der Waals surface area contributed by atoms with Gasteiger partial charge < -0.3 is 4.57 Å². The number of carbonyl (C=O) groups is 1. The number of hydrogen-bond donors (Lipinski definition) is 0. The zero-order chi connectivity index (χ0) is 18.8. The first-order valence-electron chi connectivity index (χ1n) is 7.95. The molecule has 0 N–H and O–H groups in total. The molecule has 0 aliphatic heterocycles. The van der Waals surface area contributed by atoms with Crippen LogP contribution in [0.1, 0.15) is 16.7 Å². The number of aromatic nitrogens is 1. The van der Waals surface area contributed by atoms with E-state index in [0.717, 1.165) is 15.8 Å². The number of halogens is 2. The fourth-order valence-corrected chi connectivity index (χ4v) is 4.33. The predicted octanol–water partition coefficient (Wildman–Crippen LogP) is 4.93. The van der Waals surface area contributed by atoms with Gasteiger partial charge >= 0.3 is 0 Å². The summed E-state index contributed by atoms with van der Waals surface area (Å²) in [5.74, 6) is 2.34. The highest BCUT2D eigenvalue weighted by Gasteiger charge is 2.13. The molecule has 3 rings (SSSR count). The second-order valence-corrected chi connectivity index (χ2v) is 7.77. The SMILES string of the molecule is C#CCn1c(=NC(=O)Cc2ccc(C)c(C)c2)sc2c(Cl)ccc(Cl)c21. The molecule has 1 amide bonds. The minimum atomic E-state index is -0.238.